The minimum absolute atomic E-state index is 0. The van der Waals surface area contributed by atoms with Crippen LogP contribution < -0.4 is 133 Å². The van der Waals surface area contributed by atoms with Gasteiger partial charge in [-0.15, -0.1) is 5.69 Å². The Bertz CT molecular complexity index is 3510. The van der Waals surface area contributed by atoms with Gasteiger partial charge < -0.3 is 129 Å². The van der Waals surface area contributed by atoms with Gasteiger partial charge in [-0.05, 0) is 121 Å². The molecule has 31 heteroatoms. The van der Waals surface area contributed by atoms with Crippen LogP contribution in [0.2, 0.25) is 0 Å². The van der Waals surface area contributed by atoms with E-state index in [-0.39, 0.29) is 139 Å². The van der Waals surface area contributed by atoms with Crippen LogP contribution in [-0.2, 0) is 89.5 Å². The summed E-state index contributed by atoms with van der Waals surface area (Å²) < 4.78 is 102. The fourth-order valence-electron chi connectivity index (χ4n) is 8.26. The molecule has 542 valence electrons. The zero-order valence-corrected chi connectivity index (χ0v) is 68.9. The van der Waals surface area contributed by atoms with E-state index >= 15 is 0 Å². The number of hydrogen-bond acceptors (Lipinski definition) is 18. The molecule has 0 amide bonds. The van der Waals surface area contributed by atoms with Crippen LogP contribution in [0.25, 0.3) is 5.73 Å². The molecule has 0 aliphatic carbocycles. The molecule has 0 aliphatic rings. The molecule has 19 nitrogen and oxygen atoms in total. The number of hydrogen-bond donors (Lipinski definition) is 0. The van der Waals surface area contributed by atoms with Crippen LogP contribution in [0.5, 0.6) is 92.0 Å². The maximum absolute atomic E-state index is 8.18. The summed E-state index contributed by atoms with van der Waals surface area (Å²) in [7, 11) is 4.13. The molecule has 10 aromatic rings. The number of nitrogens with one attached hydrogen (secondary N) is 1. The molecule has 0 saturated carbocycles. The summed E-state index contributed by atoms with van der Waals surface area (Å²) in [4.78, 5) is 0. The molecule has 10 rings (SSSR count). The van der Waals surface area contributed by atoms with Gasteiger partial charge in [-0.1, -0.05) is 127 Å². The standard InChI is InChI=1S/C34H33N2O8P2.C34H33NO8P2.4Au.4ClH/c1-37-27-13-5-9-17-31(27)41-45(42-32-18-10-6-14-28(32)38-2)36(26-23-21-25(35)22-24-26)46(43-33-19-11-7-15-29(33)39-3)44-34-20-12-8-16-30(34)40-4;1-36-27-18-8-12-22-31(27)40-44(41-32-23-13-9-19-28(32)37-2)35(26-16-6-5-7-17-26)45(42-33-24-14-10-20-29(33)38-3)43-34-25-15-11-21-30(34)39-4;;;;;;;;/h5-24,35H,1-4H3;5-25H,1-4H3;;;;;4*1H/q-1;;4*+1;;;;/p-4. The Hall–Kier alpha value is -5.76. The van der Waals surface area contributed by atoms with E-state index in [1.165, 1.54) is 0 Å². The second kappa shape index (κ2) is 48.2. The zero-order chi connectivity index (χ0) is 63.7. The summed E-state index contributed by atoms with van der Waals surface area (Å²) in [5, 5.41) is 0. The summed E-state index contributed by atoms with van der Waals surface area (Å²) in [5.74, 6) is 7.69. The molecule has 0 aliphatic heterocycles. The van der Waals surface area contributed by atoms with Gasteiger partial charge in [0.2, 0.25) is 0 Å². The third-order valence-electron chi connectivity index (χ3n) is 12.7. The second-order valence-electron chi connectivity index (χ2n) is 18.3. The van der Waals surface area contributed by atoms with Crippen molar-refractivity contribution in [3.05, 3.63) is 254 Å². The molecule has 0 bridgehead atoms. The summed E-state index contributed by atoms with van der Waals surface area (Å²) in [6, 6.07) is 75.1. The summed E-state index contributed by atoms with van der Waals surface area (Å²) in [5.41, 5.74) is 9.81. The Morgan fingerprint density at radius 3 is 0.505 bits per heavy atom. The van der Waals surface area contributed by atoms with Gasteiger partial charge in [0, 0.05) is 0 Å². The Morgan fingerprint density at radius 2 is 0.343 bits per heavy atom. The maximum Gasteiger partial charge on any atom is 1.00 e. The number of ether oxygens (including phenoxy) is 8. The van der Waals surface area contributed by atoms with Crippen molar-refractivity contribution in [3.8, 4) is 92.0 Å². The van der Waals surface area contributed by atoms with Gasteiger partial charge in [-0.2, -0.15) is 8.88 Å². The van der Waals surface area contributed by atoms with E-state index < -0.39 is 34.1 Å². The zero-order valence-electron chi connectivity index (χ0n) is 53.6. The quantitative estimate of drug-likeness (QED) is 0.0324. The van der Waals surface area contributed by atoms with Crippen LogP contribution in [0.1, 0.15) is 0 Å². The van der Waals surface area contributed by atoms with Crippen LogP contribution in [-0.4, -0.2) is 56.9 Å². The van der Waals surface area contributed by atoms with Crippen molar-refractivity contribution in [2.75, 3.05) is 65.8 Å². The van der Waals surface area contributed by atoms with E-state index in [4.69, 9.17) is 79.8 Å². The maximum atomic E-state index is 8.18. The Kier molecular flexibility index (Phi) is 44.4. The number of anilines is 2. The van der Waals surface area contributed by atoms with E-state index in [1.54, 1.807) is 134 Å². The molecule has 0 aromatic heterocycles. The van der Waals surface area contributed by atoms with Crippen LogP contribution in [0.15, 0.2) is 249 Å². The smallest absolute Gasteiger partial charge is 1.00 e. The van der Waals surface area contributed by atoms with E-state index in [0.717, 1.165) is 0 Å². The number of benzene rings is 10. The van der Waals surface area contributed by atoms with Gasteiger partial charge in [-0.25, -0.2) is 0 Å². The number of para-hydroxylation sites is 17. The summed E-state index contributed by atoms with van der Waals surface area (Å²) >= 11 is 0. The first-order chi connectivity index (χ1) is 44.7. The minimum atomic E-state index is -2.16. The molecular formula is C68H66Au4Cl4N3O16P4-. The second-order valence-corrected chi connectivity index (χ2v) is 23.9. The summed E-state index contributed by atoms with van der Waals surface area (Å²) in [6.45, 7) is 0. The number of nitrogens with zero attached hydrogens (tertiary/aromatic N) is 2. The molecule has 99 heavy (non-hydrogen) atoms. The Labute approximate surface area is 670 Å². The van der Waals surface area contributed by atoms with Crippen molar-refractivity contribution < 1.29 is 213 Å². The molecular weight excluding hydrogens is 2170 g/mol. The molecule has 0 saturated heterocycles. The third kappa shape index (κ3) is 25.3. The Morgan fingerprint density at radius 1 is 0.202 bits per heavy atom. The molecule has 1 N–H and O–H groups in total. The first-order valence-electron chi connectivity index (χ1n) is 27.8. The predicted molar refractivity (Wildman–Crippen MR) is 358 cm³/mol. The average Bonchev–Trinajstić information content (AvgIpc) is 0.802. The molecule has 10 aromatic carbocycles. The van der Waals surface area contributed by atoms with Crippen molar-refractivity contribution >= 4 is 51.2 Å². The van der Waals surface area contributed by atoms with Gasteiger partial charge in [0.25, 0.3) is 0 Å². The largest absolute Gasteiger partial charge is 1.00 e. The van der Waals surface area contributed by atoms with Crippen molar-refractivity contribution in [2.45, 2.75) is 0 Å². The van der Waals surface area contributed by atoms with Crippen molar-refractivity contribution in [3.63, 3.8) is 0 Å². The predicted octanol–water partition coefficient (Wildman–Crippen LogP) is 7.28. The fourth-order valence-corrected chi connectivity index (χ4v) is 14.7. The first-order valence-corrected chi connectivity index (χ1v) is 32.4. The van der Waals surface area contributed by atoms with Crippen molar-refractivity contribution in [1.82, 2.24) is 0 Å². The molecule has 0 atom stereocenters. The van der Waals surface area contributed by atoms with Gasteiger partial charge >= 0.3 is 124 Å². The normalized spacial score (nSPS) is 9.78. The SMILES string of the molecule is COc1ccccc1OP(Oc1ccccc1OC)N(c1ccc([NH-])cc1)P(Oc1ccccc1OC)Oc1ccccc1OC.COc1ccccc1OP(Oc1ccccc1OC)N(c1ccccc1)P(Oc1ccccc1OC)Oc1ccccc1OC.[Au+].[Au+].[Au+].[Au+].[Cl-].[Cl-].[Cl-].[Cl-]. The van der Waals surface area contributed by atoms with Crippen molar-refractivity contribution in [2.24, 2.45) is 0 Å². The Balaban J connectivity index is 0.000000916. The minimum Gasteiger partial charge on any atom is -1.00 e. The van der Waals surface area contributed by atoms with Crippen LogP contribution in [0, 0.1) is 0 Å². The first kappa shape index (κ1) is 91.3. The number of methoxy groups -OCH3 is 8. The van der Waals surface area contributed by atoms with Gasteiger partial charge in [0.05, 0.1) is 68.3 Å². The number of halogens is 4. The van der Waals surface area contributed by atoms with E-state index in [1.807, 2.05) is 180 Å². The van der Waals surface area contributed by atoms with E-state index in [2.05, 4.69) is 0 Å². The molecule has 0 fully saturated rings. The van der Waals surface area contributed by atoms with Crippen LogP contribution in [0.3, 0.4) is 0 Å². The molecule has 0 heterocycles. The van der Waals surface area contributed by atoms with Crippen molar-refractivity contribution in [1.29, 1.82) is 0 Å². The molecule has 0 spiro atoms. The van der Waals surface area contributed by atoms with Crippen LogP contribution in [0.4, 0.5) is 17.1 Å². The third-order valence-corrected chi connectivity index (χ3v) is 19.4. The number of rotatable bonds is 30. The van der Waals surface area contributed by atoms with Gasteiger partial charge in [-0.3, -0.25) is 0 Å². The monoisotopic (exact) mass is 2230 g/mol. The molecule has 0 unspecified atom stereocenters. The van der Waals surface area contributed by atoms with Crippen LogP contribution >= 0.6 is 34.1 Å². The van der Waals surface area contributed by atoms with E-state index in [0.29, 0.717) is 109 Å². The summed E-state index contributed by atoms with van der Waals surface area (Å²) in [6.07, 6.45) is 0. The average molecular weight is 2230 g/mol. The van der Waals surface area contributed by atoms with Gasteiger partial charge in [0.15, 0.2) is 92.0 Å². The van der Waals surface area contributed by atoms with E-state index in [9.17, 15) is 0 Å². The van der Waals surface area contributed by atoms with Gasteiger partial charge in [0.1, 0.15) is 0 Å². The molecule has 0 radical (unpaired) electrons. The topological polar surface area (TPSA) is 178 Å². The fraction of sp³-hybridized carbons (Fsp3) is 0.118.